The van der Waals surface area contributed by atoms with Crippen LogP contribution in [0.5, 0.6) is 0 Å². The summed E-state index contributed by atoms with van der Waals surface area (Å²) >= 11 is 7.06. The first-order valence-electron chi connectivity index (χ1n) is 8.67. The maximum absolute atomic E-state index is 12.7. The number of carbonyl (C=O) groups is 1. The van der Waals surface area contributed by atoms with Gasteiger partial charge in [0, 0.05) is 43.1 Å². The third-order valence-corrected chi connectivity index (χ3v) is 7.37. The fourth-order valence-electron chi connectivity index (χ4n) is 2.65. The molecule has 0 unspecified atom stereocenters. The second kappa shape index (κ2) is 9.23. The number of pyridine rings is 1. The summed E-state index contributed by atoms with van der Waals surface area (Å²) in [5, 5.41) is 3.96. The highest BCUT2D eigenvalue weighted by Crippen LogP contribution is 2.21. The molecule has 0 bridgehead atoms. The molecule has 0 radical (unpaired) electrons. The molecule has 1 amide bonds. The van der Waals surface area contributed by atoms with E-state index in [0.717, 1.165) is 0 Å². The molecule has 150 valence electrons. The van der Waals surface area contributed by atoms with Crippen LogP contribution in [0.3, 0.4) is 0 Å². The van der Waals surface area contributed by atoms with E-state index in [0.29, 0.717) is 41.9 Å². The second-order valence-electron chi connectivity index (χ2n) is 6.38. The summed E-state index contributed by atoms with van der Waals surface area (Å²) in [7, 11) is -1.56. The number of halogens is 1. The van der Waals surface area contributed by atoms with Crippen molar-refractivity contribution in [3.8, 4) is 0 Å². The number of amides is 1. The Labute approximate surface area is 174 Å². The highest BCUT2D eigenvalue weighted by molar-refractivity contribution is 7.99. The molecule has 1 fully saturated rings. The van der Waals surface area contributed by atoms with E-state index in [9.17, 15) is 13.2 Å². The number of benzene rings is 1. The summed E-state index contributed by atoms with van der Waals surface area (Å²) in [6.07, 6.45) is 1.35. The smallest absolute Gasteiger partial charge is 0.244 e. The molecule has 0 atom stereocenters. The van der Waals surface area contributed by atoms with Crippen molar-refractivity contribution in [3.05, 3.63) is 47.6 Å². The minimum absolute atomic E-state index is 0.167. The van der Waals surface area contributed by atoms with Gasteiger partial charge in [-0.15, -0.1) is 0 Å². The third kappa shape index (κ3) is 5.45. The zero-order chi connectivity index (χ0) is 20.1. The summed E-state index contributed by atoms with van der Waals surface area (Å²) in [5.74, 6) is -0.0107. The van der Waals surface area contributed by atoms with Crippen molar-refractivity contribution < 1.29 is 13.2 Å². The predicted octanol–water partition coefficient (Wildman–Crippen LogP) is 2.40. The van der Waals surface area contributed by atoms with Crippen LogP contribution in [-0.4, -0.2) is 67.5 Å². The summed E-state index contributed by atoms with van der Waals surface area (Å²) in [5.41, 5.74) is 0.663. The Morgan fingerprint density at radius 2 is 1.82 bits per heavy atom. The number of anilines is 1. The summed E-state index contributed by atoms with van der Waals surface area (Å²) < 4.78 is 26.9. The minimum atomic E-state index is -3.53. The number of hydrogen-bond acceptors (Lipinski definition) is 6. The van der Waals surface area contributed by atoms with Gasteiger partial charge < -0.3 is 10.2 Å². The van der Waals surface area contributed by atoms with Crippen molar-refractivity contribution >= 4 is 45.0 Å². The average Bonchev–Trinajstić information content (AvgIpc) is 2.69. The van der Waals surface area contributed by atoms with E-state index in [-0.39, 0.29) is 16.6 Å². The quantitative estimate of drug-likeness (QED) is 0.694. The minimum Gasteiger partial charge on any atom is -0.325 e. The lowest BCUT2D eigenvalue weighted by Gasteiger charge is -2.31. The van der Waals surface area contributed by atoms with Crippen LogP contribution < -0.4 is 5.32 Å². The number of hydrogen-bond donors (Lipinski definition) is 1. The van der Waals surface area contributed by atoms with Gasteiger partial charge in [-0.05, 0) is 43.4 Å². The number of nitrogens with one attached hydrogen (secondary N) is 1. The Balaban J connectivity index is 1.55. The zero-order valence-corrected chi connectivity index (χ0v) is 17.7. The van der Waals surface area contributed by atoms with Crippen LogP contribution in [0.4, 0.5) is 5.69 Å². The third-order valence-electron chi connectivity index (χ3n) is 4.29. The van der Waals surface area contributed by atoms with Gasteiger partial charge in [-0.3, -0.25) is 4.79 Å². The normalized spacial score (nSPS) is 16.1. The Morgan fingerprint density at radius 1 is 1.14 bits per heavy atom. The molecule has 1 aromatic heterocycles. The highest BCUT2D eigenvalue weighted by atomic mass is 35.5. The Hall–Kier alpha value is -1.65. The number of nitrogens with zero attached hydrogens (tertiary/aromatic N) is 3. The molecule has 10 heteroatoms. The molecule has 2 heterocycles. The number of rotatable bonds is 6. The fraction of sp³-hybridized carbons (Fsp3) is 0.333. The van der Waals surface area contributed by atoms with E-state index < -0.39 is 10.0 Å². The van der Waals surface area contributed by atoms with Crippen molar-refractivity contribution in [2.75, 3.05) is 44.3 Å². The van der Waals surface area contributed by atoms with Gasteiger partial charge in [-0.1, -0.05) is 23.4 Å². The standard InChI is InChI=1S/C18H21ClN4O3S2/c1-22-8-10-23(11-9-22)28(25,26)16-6-7-18(20-12-16)27-13-17(24)21-15-4-2-14(19)3-5-15/h2-7,12H,8-11,13H2,1H3,(H,21,24). The topological polar surface area (TPSA) is 82.6 Å². The molecule has 0 aliphatic carbocycles. The molecule has 1 aromatic carbocycles. The van der Waals surface area contributed by atoms with Crippen LogP contribution >= 0.6 is 23.4 Å². The Morgan fingerprint density at radius 3 is 2.43 bits per heavy atom. The zero-order valence-electron chi connectivity index (χ0n) is 15.3. The van der Waals surface area contributed by atoms with E-state index in [1.54, 1.807) is 36.4 Å². The fourth-order valence-corrected chi connectivity index (χ4v) is 4.79. The molecule has 0 saturated carbocycles. The van der Waals surface area contributed by atoms with E-state index in [1.165, 1.54) is 22.3 Å². The van der Waals surface area contributed by atoms with Crippen LogP contribution in [0.15, 0.2) is 52.5 Å². The number of piperazine rings is 1. The van der Waals surface area contributed by atoms with Gasteiger partial charge in [0.25, 0.3) is 0 Å². The Bertz CT molecular complexity index is 913. The number of carbonyl (C=O) groups excluding carboxylic acids is 1. The predicted molar refractivity (Wildman–Crippen MR) is 111 cm³/mol. The SMILES string of the molecule is CN1CCN(S(=O)(=O)c2ccc(SCC(=O)Nc3ccc(Cl)cc3)nc2)CC1. The van der Waals surface area contributed by atoms with Gasteiger partial charge >= 0.3 is 0 Å². The van der Waals surface area contributed by atoms with Gasteiger partial charge in [0.15, 0.2) is 0 Å². The lowest BCUT2D eigenvalue weighted by molar-refractivity contribution is -0.113. The van der Waals surface area contributed by atoms with Crippen molar-refractivity contribution in [2.45, 2.75) is 9.92 Å². The van der Waals surface area contributed by atoms with Crippen molar-refractivity contribution in [3.63, 3.8) is 0 Å². The van der Waals surface area contributed by atoms with Crippen LogP contribution in [-0.2, 0) is 14.8 Å². The van der Waals surface area contributed by atoms with Crippen LogP contribution in [0.1, 0.15) is 0 Å². The van der Waals surface area contributed by atoms with E-state index in [4.69, 9.17) is 11.6 Å². The van der Waals surface area contributed by atoms with Crippen LogP contribution in [0.25, 0.3) is 0 Å². The molecule has 3 rings (SSSR count). The first kappa shape index (κ1) is 21.1. The van der Waals surface area contributed by atoms with E-state index >= 15 is 0 Å². The van der Waals surface area contributed by atoms with Gasteiger partial charge in [0.2, 0.25) is 15.9 Å². The molecule has 1 aliphatic heterocycles. The molecule has 1 aliphatic rings. The average molecular weight is 441 g/mol. The molecular weight excluding hydrogens is 420 g/mol. The molecular formula is C18H21ClN4O3S2. The van der Waals surface area contributed by atoms with Gasteiger partial charge in [0.1, 0.15) is 4.90 Å². The van der Waals surface area contributed by atoms with Crippen molar-refractivity contribution in [2.24, 2.45) is 0 Å². The van der Waals surface area contributed by atoms with Gasteiger partial charge in [0.05, 0.1) is 10.8 Å². The molecule has 1 N–H and O–H groups in total. The maximum Gasteiger partial charge on any atom is 0.244 e. The number of thioether (sulfide) groups is 1. The maximum atomic E-state index is 12.7. The molecule has 0 spiro atoms. The summed E-state index contributed by atoms with van der Waals surface area (Å²) in [6.45, 7) is 2.37. The second-order valence-corrected chi connectivity index (χ2v) is 9.75. The molecule has 1 saturated heterocycles. The molecule has 28 heavy (non-hydrogen) atoms. The lowest BCUT2D eigenvalue weighted by atomic mass is 10.3. The van der Waals surface area contributed by atoms with Crippen LogP contribution in [0, 0.1) is 0 Å². The summed E-state index contributed by atoms with van der Waals surface area (Å²) in [6, 6.07) is 10.0. The first-order chi connectivity index (χ1) is 13.3. The van der Waals surface area contributed by atoms with Gasteiger partial charge in [-0.25, -0.2) is 13.4 Å². The van der Waals surface area contributed by atoms with Crippen molar-refractivity contribution in [1.29, 1.82) is 0 Å². The van der Waals surface area contributed by atoms with Crippen LogP contribution in [0.2, 0.25) is 5.02 Å². The number of likely N-dealkylation sites (N-methyl/N-ethyl adjacent to an activating group) is 1. The van der Waals surface area contributed by atoms with E-state index in [1.807, 2.05) is 7.05 Å². The number of sulfonamides is 1. The largest absolute Gasteiger partial charge is 0.325 e. The summed E-state index contributed by atoms with van der Waals surface area (Å²) in [4.78, 5) is 18.5. The Kier molecular flexibility index (Phi) is 6.95. The van der Waals surface area contributed by atoms with E-state index in [2.05, 4.69) is 15.2 Å². The monoisotopic (exact) mass is 440 g/mol. The van der Waals surface area contributed by atoms with Crippen molar-refractivity contribution in [1.82, 2.24) is 14.2 Å². The first-order valence-corrected chi connectivity index (χ1v) is 11.5. The van der Waals surface area contributed by atoms with Gasteiger partial charge in [-0.2, -0.15) is 4.31 Å². The molecule has 2 aromatic rings. The number of aromatic nitrogens is 1. The lowest BCUT2D eigenvalue weighted by Crippen LogP contribution is -2.47. The molecule has 7 nitrogen and oxygen atoms in total. The highest BCUT2D eigenvalue weighted by Gasteiger charge is 2.27.